The van der Waals surface area contributed by atoms with Crippen LogP contribution in [0, 0.1) is 0 Å². The fourth-order valence-electron chi connectivity index (χ4n) is 6.54. The Labute approximate surface area is 276 Å². The van der Waals surface area contributed by atoms with Crippen LogP contribution in [0.5, 0.6) is 0 Å². The van der Waals surface area contributed by atoms with Gasteiger partial charge in [0.2, 0.25) is 0 Å². The number of nitrogens with zero attached hydrogens (tertiary/aromatic N) is 3. The van der Waals surface area contributed by atoms with E-state index >= 15 is 0 Å². The number of hydrogen-bond donors (Lipinski definition) is 0. The van der Waals surface area contributed by atoms with Crippen LogP contribution in [0.1, 0.15) is 0 Å². The van der Waals surface area contributed by atoms with Crippen LogP contribution in [0.25, 0.3) is 87.4 Å². The van der Waals surface area contributed by atoms with Crippen molar-refractivity contribution in [2.75, 3.05) is 0 Å². The molecule has 0 N–H and O–H groups in total. The highest BCUT2D eigenvalue weighted by Gasteiger charge is 2.18. The van der Waals surface area contributed by atoms with Crippen LogP contribution in [0.3, 0.4) is 0 Å². The fourth-order valence-corrected chi connectivity index (χ4v) is 7.67. The lowest BCUT2D eigenvalue weighted by Crippen LogP contribution is -2.01. The van der Waals surface area contributed by atoms with E-state index < -0.39 is 0 Å². The standard InChI is InChI=1S/C43H27N3S/c1-3-13-28(14-4-1)30-17-11-18-31(27-30)42-44-41(29-15-5-2-6-16-29)45-43(46-42)36-26-25-34(32-19-7-8-20-33(32)36)35-22-12-24-39-40(35)37-21-9-10-23-38(37)47-39/h1-27H. The third-order valence-corrected chi connectivity index (χ3v) is 9.89. The zero-order valence-electron chi connectivity index (χ0n) is 25.3. The molecular formula is C43H27N3S. The summed E-state index contributed by atoms with van der Waals surface area (Å²) in [7, 11) is 0. The highest BCUT2D eigenvalue weighted by Crippen LogP contribution is 2.43. The summed E-state index contributed by atoms with van der Waals surface area (Å²) in [5.41, 5.74) is 7.59. The zero-order valence-corrected chi connectivity index (χ0v) is 26.2. The number of thiophene rings is 1. The number of rotatable bonds is 5. The van der Waals surface area contributed by atoms with Gasteiger partial charge in [-0.05, 0) is 57.3 Å². The molecule has 220 valence electrons. The molecule has 0 saturated carbocycles. The van der Waals surface area contributed by atoms with E-state index in [1.165, 1.54) is 36.7 Å². The molecule has 0 atom stereocenters. The van der Waals surface area contributed by atoms with Gasteiger partial charge < -0.3 is 0 Å². The molecule has 47 heavy (non-hydrogen) atoms. The summed E-state index contributed by atoms with van der Waals surface area (Å²) in [4.78, 5) is 15.3. The summed E-state index contributed by atoms with van der Waals surface area (Å²) in [5, 5.41) is 4.87. The average molecular weight is 618 g/mol. The lowest BCUT2D eigenvalue weighted by Gasteiger charge is -2.14. The Balaban J connectivity index is 1.25. The number of fused-ring (bicyclic) bond motifs is 4. The lowest BCUT2D eigenvalue weighted by molar-refractivity contribution is 1.08. The molecule has 2 heterocycles. The van der Waals surface area contributed by atoms with Crippen molar-refractivity contribution in [3.63, 3.8) is 0 Å². The summed E-state index contributed by atoms with van der Waals surface area (Å²) in [5.74, 6) is 1.95. The van der Waals surface area contributed by atoms with E-state index in [-0.39, 0.29) is 0 Å². The molecule has 0 radical (unpaired) electrons. The summed E-state index contributed by atoms with van der Waals surface area (Å²) in [6.45, 7) is 0. The van der Waals surface area contributed by atoms with E-state index in [1.54, 1.807) is 0 Å². The molecule has 4 heteroatoms. The molecule has 0 amide bonds. The van der Waals surface area contributed by atoms with Crippen LogP contribution in [0.4, 0.5) is 0 Å². The molecule has 3 nitrogen and oxygen atoms in total. The smallest absolute Gasteiger partial charge is 0.164 e. The van der Waals surface area contributed by atoms with Gasteiger partial charge in [-0.15, -0.1) is 11.3 Å². The van der Waals surface area contributed by atoms with Crippen molar-refractivity contribution in [1.29, 1.82) is 0 Å². The van der Waals surface area contributed by atoms with Crippen molar-refractivity contribution >= 4 is 42.3 Å². The van der Waals surface area contributed by atoms with Crippen LogP contribution in [0.2, 0.25) is 0 Å². The number of benzene rings is 7. The third kappa shape index (κ3) is 4.87. The molecule has 0 unspecified atom stereocenters. The van der Waals surface area contributed by atoms with Crippen LogP contribution in [-0.2, 0) is 0 Å². The topological polar surface area (TPSA) is 38.7 Å². The van der Waals surface area contributed by atoms with Gasteiger partial charge in [0.25, 0.3) is 0 Å². The van der Waals surface area contributed by atoms with Gasteiger partial charge in [-0.25, -0.2) is 15.0 Å². The average Bonchev–Trinajstić information content (AvgIpc) is 3.54. The first kappa shape index (κ1) is 27.3. The molecule has 9 rings (SSSR count). The minimum absolute atomic E-state index is 0.648. The molecule has 0 aliphatic heterocycles. The van der Waals surface area contributed by atoms with E-state index in [2.05, 4.69) is 140 Å². The van der Waals surface area contributed by atoms with Crippen LogP contribution in [0.15, 0.2) is 164 Å². The van der Waals surface area contributed by atoms with E-state index in [1.807, 2.05) is 35.6 Å². The summed E-state index contributed by atoms with van der Waals surface area (Å²) >= 11 is 1.85. The Hall–Kier alpha value is -5.97. The molecule has 0 bridgehead atoms. The van der Waals surface area contributed by atoms with E-state index in [0.29, 0.717) is 17.5 Å². The summed E-state index contributed by atoms with van der Waals surface area (Å²) in [6, 6.07) is 57.4. The van der Waals surface area contributed by atoms with Gasteiger partial charge in [0.1, 0.15) is 0 Å². The summed E-state index contributed by atoms with van der Waals surface area (Å²) in [6.07, 6.45) is 0. The molecular weight excluding hydrogens is 591 g/mol. The van der Waals surface area contributed by atoms with E-state index in [9.17, 15) is 0 Å². The largest absolute Gasteiger partial charge is 0.208 e. The SMILES string of the molecule is c1ccc(-c2cccc(-c3nc(-c4ccccc4)nc(-c4ccc(-c5cccc6sc7ccccc7c56)c5ccccc45)n3)c2)cc1. The van der Waals surface area contributed by atoms with Crippen molar-refractivity contribution in [2.24, 2.45) is 0 Å². The predicted molar refractivity (Wildman–Crippen MR) is 197 cm³/mol. The minimum Gasteiger partial charge on any atom is -0.208 e. The number of hydrogen-bond acceptors (Lipinski definition) is 4. The minimum atomic E-state index is 0.648. The molecule has 0 spiro atoms. The predicted octanol–water partition coefficient (Wildman–Crippen LogP) is 11.7. The Morgan fingerprint density at radius 2 is 0.851 bits per heavy atom. The molecule has 0 saturated heterocycles. The molecule has 0 aliphatic carbocycles. The fraction of sp³-hybridized carbons (Fsp3) is 0. The maximum atomic E-state index is 5.15. The quantitative estimate of drug-likeness (QED) is 0.193. The third-order valence-electron chi connectivity index (χ3n) is 8.75. The molecule has 7 aromatic carbocycles. The van der Waals surface area contributed by atoms with Crippen LogP contribution in [-0.4, -0.2) is 15.0 Å². The number of aromatic nitrogens is 3. The summed E-state index contributed by atoms with van der Waals surface area (Å²) < 4.78 is 2.60. The van der Waals surface area contributed by atoms with Gasteiger partial charge in [-0.1, -0.05) is 140 Å². The van der Waals surface area contributed by atoms with Crippen molar-refractivity contribution in [3.8, 4) is 56.4 Å². The van der Waals surface area contributed by atoms with Gasteiger partial charge in [0, 0.05) is 36.9 Å². The second-order valence-corrected chi connectivity index (χ2v) is 12.7. The highest BCUT2D eigenvalue weighted by molar-refractivity contribution is 7.25. The van der Waals surface area contributed by atoms with Crippen LogP contribution < -0.4 is 0 Å². The first-order chi connectivity index (χ1) is 23.3. The van der Waals surface area contributed by atoms with Crippen molar-refractivity contribution in [2.45, 2.75) is 0 Å². The van der Waals surface area contributed by atoms with Gasteiger partial charge in [0.15, 0.2) is 17.5 Å². The maximum absolute atomic E-state index is 5.15. The molecule has 2 aromatic heterocycles. The van der Waals surface area contributed by atoms with Crippen molar-refractivity contribution in [1.82, 2.24) is 15.0 Å². The lowest BCUT2D eigenvalue weighted by atomic mass is 9.92. The van der Waals surface area contributed by atoms with Gasteiger partial charge >= 0.3 is 0 Å². The zero-order chi connectivity index (χ0) is 31.2. The second kappa shape index (κ2) is 11.4. The van der Waals surface area contributed by atoms with Gasteiger partial charge in [0.05, 0.1) is 0 Å². The van der Waals surface area contributed by atoms with Gasteiger partial charge in [-0.3, -0.25) is 0 Å². The highest BCUT2D eigenvalue weighted by atomic mass is 32.1. The Morgan fingerprint density at radius 1 is 0.319 bits per heavy atom. The Morgan fingerprint density at radius 3 is 1.64 bits per heavy atom. The normalized spacial score (nSPS) is 11.4. The van der Waals surface area contributed by atoms with E-state index in [0.717, 1.165) is 33.2 Å². The first-order valence-electron chi connectivity index (χ1n) is 15.7. The van der Waals surface area contributed by atoms with Crippen LogP contribution >= 0.6 is 11.3 Å². The molecule has 9 aromatic rings. The molecule has 0 aliphatic rings. The Bertz CT molecular complexity index is 2570. The van der Waals surface area contributed by atoms with Crippen molar-refractivity contribution < 1.29 is 0 Å². The van der Waals surface area contributed by atoms with Crippen molar-refractivity contribution in [3.05, 3.63) is 164 Å². The second-order valence-electron chi connectivity index (χ2n) is 11.6. The van der Waals surface area contributed by atoms with E-state index in [4.69, 9.17) is 15.0 Å². The first-order valence-corrected chi connectivity index (χ1v) is 16.5. The maximum Gasteiger partial charge on any atom is 0.164 e. The Kier molecular flexibility index (Phi) is 6.65. The molecule has 0 fully saturated rings. The monoisotopic (exact) mass is 617 g/mol. The van der Waals surface area contributed by atoms with Gasteiger partial charge in [-0.2, -0.15) is 0 Å².